The fourth-order valence-corrected chi connectivity index (χ4v) is 3.46. The minimum atomic E-state index is -0.950. The second-order valence-corrected chi connectivity index (χ2v) is 6.73. The summed E-state index contributed by atoms with van der Waals surface area (Å²) in [6.07, 6.45) is 1.61. The van der Waals surface area contributed by atoms with Crippen LogP contribution in [0.4, 0.5) is 0 Å². The first-order valence-corrected chi connectivity index (χ1v) is 8.66. The van der Waals surface area contributed by atoms with E-state index in [1.165, 1.54) is 5.56 Å². The molecule has 1 aromatic carbocycles. The van der Waals surface area contributed by atoms with Crippen LogP contribution in [0.2, 0.25) is 0 Å². The molecule has 1 aliphatic heterocycles. The monoisotopic (exact) mass is 351 g/mol. The minimum Gasteiger partial charge on any atom is -0.478 e. The zero-order chi connectivity index (χ0) is 18.1. The van der Waals surface area contributed by atoms with Gasteiger partial charge in [0.15, 0.2) is 11.5 Å². The van der Waals surface area contributed by atoms with Crippen molar-refractivity contribution >= 4 is 11.6 Å². The summed E-state index contributed by atoms with van der Waals surface area (Å²) in [7, 11) is 2.08. The van der Waals surface area contributed by atoms with Gasteiger partial charge in [-0.2, -0.15) is 0 Å². The Hall–Kier alpha value is -2.77. The van der Waals surface area contributed by atoms with E-state index < -0.39 is 5.97 Å². The van der Waals surface area contributed by atoms with Crippen LogP contribution >= 0.6 is 0 Å². The fraction of sp³-hybridized carbons (Fsp3) is 0.316. The van der Waals surface area contributed by atoms with Crippen molar-refractivity contribution in [3.05, 3.63) is 65.6 Å². The number of aromatic nitrogens is 3. The summed E-state index contributed by atoms with van der Waals surface area (Å²) in [6, 6.07) is 13.7. The molecule has 0 bridgehead atoms. The van der Waals surface area contributed by atoms with Gasteiger partial charge in [0, 0.05) is 32.4 Å². The van der Waals surface area contributed by atoms with Crippen LogP contribution in [0.5, 0.6) is 0 Å². The van der Waals surface area contributed by atoms with Crippen LogP contribution < -0.4 is 0 Å². The number of carboxylic acid groups (broad SMARTS) is 1. The molecule has 3 aromatic rings. The van der Waals surface area contributed by atoms with Gasteiger partial charge in [0.1, 0.15) is 0 Å². The van der Waals surface area contributed by atoms with Crippen LogP contribution in [-0.2, 0) is 6.54 Å². The molecule has 0 aliphatic carbocycles. The van der Waals surface area contributed by atoms with E-state index in [2.05, 4.69) is 51.3 Å². The molecular weight excluding hydrogens is 330 g/mol. The van der Waals surface area contributed by atoms with E-state index in [4.69, 9.17) is 0 Å². The number of benzene rings is 1. The molecule has 7 heteroatoms. The highest BCUT2D eigenvalue weighted by Gasteiger charge is 2.29. The number of aromatic carboxylic acids is 1. The van der Waals surface area contributed by atoms with Gasteiger partial charge in [0.2, 0.25) is 0 Å². The molecule has 1 fully saturated rings. The number of hydrogen-bond acceptors (Lipinski definition) is 5. The van der Waals surface area contributed by atoms with Crippen molar-refractivity contribution in [1.82, 2.24) is 24.4 Å². The summed E-state index contributed by atoms with van der Waals surface area (Å²) in [6.45, 7) is 3.62. The van der Waals surface area contributed by atoms with E-state index >= 15 is 0 Å². The van der Waals surface area contributed by atoms with Gasteiger partial charge in [0.25, 0.3) is 0 Å². The lowest BCUT2D eigenvalue weighted by Gasteiger charge is -2.38. The highest BCUT2D eigenvalue weighted by atomic mass is 16.4. The molecule has 1 atom stereocenters. The van der Waals surface area contributed by atoms with E-state index in [0.29, 0.717) is 5.65 Å². The van der Waals surface area contributed by atoms with Crippen LogP contribution in [0.15, 0.2) is 48.7 Å². The maximum Gasteiger partial charge on any atom is 0.337 e. The molecule has 0 spiro atoms. The first kappa shape index (κ1) is 16.7. The number of carboxylic acids is 1. The van der Waals surface area contributed by atoms with Crippen molar-refractivity contribution in [1.29, 1.82) is 0 Å². The standard InChI is InChI=1S/C19H21N5O2/c1-22-9-10-23(11-14-5-3-2-4-6-14)13-16(22)18-21-20-17-8-7-15(19(25)26)12-24(17)18/h2-8,12,16H,9-11,13H2,1H3,(H,25,26). The lowest BCUT2D eigenvalue weighted by Crippen LogP contribution is -2.46. The Morgan fingerprint density at radius 1 is 1.15 bits per heavy atom. The average Bonchev–Trinajstić information content (AvgIpc) is 3.07. The molecule has 3 heterocycles. The Kier molecular flexibility index (Phi) is 4.40. The highest BCUT2D eigenvalue weighted by Crippen LogP contribution is 2.24. The van der Waals surface area contributed by atoms with Crippen molar-refractivity contribution < 1.29 is 9.90 Å². The number of hydrogen-bond donors (Lipinski definition) is 1. The predicted octanol–water partition coefficient (Wildman–Crippen LogP) is 1.92. The number of fused-ring (bicyclic) bond motifs is 1. The van der Waals surface area contributed by atoms with Gasteiger partial charge in [-0.3, -0.25) is 14.2 Å². The van der Waals surface area contributed by atoms with Gasteiger partial charge < -0.3 is 5.11 Å². The molecule has 1 saturated heterocycles. The molecular formula is C19H21N5O2. The smallest absolute Gasteiger partial charge is 0.337 e. The van der Waals surface area contributed by atoms with E-state index in [0.717, 1.165) is 32.0 Å². The summed E-state index contributed by atoms with van der Waals surface area (Å²) >= 11 is 0. The largest absolute Gasteiger partial charge is 0.478 e. The van der Waals surface area contributed by atoms with E-state index in [1.54, 1.807) is 22.7 Å². The molecule has 1 N–H and O–H groups in total. The Bertz CT molecular complexity index is 924. The Labute approximate surface area is 151 Å². The van der Waals surface area contributed by atoms with Gasteiger partial charge in [-0.15, -0.1) is 10.2 Å². The van der Waals surface area contributed by atoms with E-state index in [1.807, 2.05) is 6.07 Å². The molecule has 7 nitrogen and oxygen atoms in total. The first-order valence-electron chi connectivity index (χ1n) is 8.66. The first-order chi connectivity index (χ1) is 12.6. The lowest BCUT2D eigenvalue weighted by atomic mass is 10.1. The molecule has 4 rings (SSSR count). The van der Waals surface area contributed by atoms with Crippen molar-refractivity contribution in [3.8, 4) is 0 Å². The molecule has 134 valence electrons. The van der Waals surface area contributed by atoms with Crippen molar-refractivity contribution in [2.24, 2.45) is 0 Å². The van der Waals surface area contributed by atoms with E-state index in [-0.39, 0.29) is 11.6 Å². The van der Waals surface area contributed by atoms with Crippen molar-refractivity contribution in [3.63, 3.8) is 0 Å². The molecule has 0 radical (unpaired) electrons. The second kappa shape index (κ2) is 6.86. The van der Waals surface area contributed by atoms with Gasteiger partial charge >= 0.3 is 5.97 Å². The summed E-state index contributed by atoms with van der Waals surface area (Å²) in [5, 5.41) is 17.8. The Balaban J connectivity index is 1.62. The normalized spacial score (nSPS) is 19.0. The zero-order valence-corrected chi connectivity index (χ0v) is 14.6. The molecule has 1 unspecified atom stereocenters. The fourth-order valence-electron chi connectivity index (χ4n) is 3.46. The third kappa shape index (κ3) is 3.18. The number of nitrogens with zero attached hydrogens (tertiary/aromatic N) is 5. The number of piperazine rings is 1. The van der Waals surface area contributed by atoms with Crippen LogP contribution in [-0.4, -0.2) is 62.2 Å². The zero-order valence-electron chi connectivity index (χ0n) is 14.6. The Morgan fingerprint density at radius 3 is 2.73 bits per heavy atom. The average molecular weight is 351 g/mol. The summed E-state index contributed by atoms with van der Waals surface area (Å²) in [5.41, 5.74) is 2.19. The molecule has 2 aromatic heterocycles. The number of carbonyl (C=O) groups is 1. The van der Waals surface area contributed by atoms with Crippen molar-refractivity contribution in [2.75, 3.05) is 26.7 Å². The molecule has 1 aliphatic rings. The third-order valence-electron chi connectivity index (χ3n) is 4.95. The predicted molar refractivity (Wildman–Crippen MR) is 97.0 cm³/mol. The van der Waals surface area contributed by atoms with Crippen LogP contribution in [0.1, 0.15) is 27.8 Å². The third-order valence-corrected chi connectivity index (χ3v) is 4.95. The SMILES string of the molecule is CN1CCN(Cc2ccccc2)CC1c1nnc2ccc(C(=O)O)cn12. The quantitative estimate of drug-likeness (QED) is 0.774. The molecule has 0 saturated carbocycles. The number of likely N-dealkylation sites (N-methyl/N-ethyl adjacent to an activating group) is 1. The number of rotatable bonds is 4. The summed E-state index contributed by atoms with van der Waals surface area (Å²) in [4.78, 5) is 16.0. The van der Waals surface area contributed by atoms with Crippen molar-refractivity contribution in [2.45, 2.75) is 12.6 Å². The van der Waals surface area contributed by atoms with Crippen LogP contribution in [0, 0.1) is 0 Å². The van der Waals surface area contributed by atoms with Gasteiger partial charge in [0.05, 0.1) is 11.6 Å². The summed E-state index contributed by atoms with van der Waals surface area (Å²) in [5.74, 6) is -0.169. The van der Waals surface area contributed by atoms with Crippen LogP contribution in [0.25, 0.3) is 5.65 Å². The number of pyridine rings is 1. The summed E-state index contributed by atoms with van der Waals surface area (Å²) < 4.78 is 1.80. The highest BCUT2D eigenvalue weighted by molar-refractivity contribution is 5.87. The minimum absolute atomic E-state index is 0.0616. The van der Waals surface area contributed by atoms with Gasteiger partial charge in [-0.05, 0) is 24.7 Å². The topological polar surface area (TPSA) is 74.0 Å². The van der Waals surface area contributed by atoms with Crippen LogP contribution in [0.3, 0.4) is 0 Å². The molecule has 0 amide bonds. The van der Waals surface area contributed by atoms with E-state index in [9.17, 15) is 9.90 Å². The maximum absolute atomic E-state index is 11.3. The van der Waals surface area contributed by atoms with Gasteiger partial charge in [-0.1, -0.05) is 30.3 Å². The lowest BCUT2D eigenvalue weighted by molar-refractivity contribution is 0.0696. The Morgan fingerprint density at radius 2 is 1.96 bits per heavy atom. The van der Waals surface area contributed by atoms with Gasteiger partial charge in [-0.25, -0.2) is 4.79 Å². The second-order valence-electron chi connectivity index (χ2n) is 6.73. The molecule has 26 heavy (non-hydrogen) atoms. The maximum atomic E-state index is 11.3.